The van der Waals surface area contributed by atoms with Crippen LogP contribution in [0.25, 0.3) is 0 Å². The molecule has 0 atom stereocenters. The Labute approximate surface area is 90.8 Å². The van der Waals surface area contributed by atoms with Crippen LogP contribution in [0.3, 0.4) is 0 Å². The lowest BCUT2D eigenvalue weighted by atomic mass is 10.2. The Hall–Kier alpha value is -0.790. The fourth-order valence-corrected chi connectivity index (χ4v) is 2.35. The molecule has 1 aromatic rings. The molecule has 0 spiro atoms. The van der Waals surface area contributed by atoms with Gasteiger partial charge in [-0.05, 0) is 31.0 Å². The molecular formula is C11H17O3P. The van der Waals surface area contributed by atoms with Gasteiger partial charge in [-0.15, -0.1) is 0 Å². The van der Waals surface area contributed by atoms with Crippen molar-refractivity contribution in [2.24, 2.45) is 0 Å². The highest BCUT2D eigenvalue weighted by atomic mass is 31.2. The zero-order chi connectivity index (χ0) is 11.3. The van der Waals surface area contributed by atoms with E-state index in [0.29, 0.717) is 6.16 Å². The average Bonchev–Trinajstić information content (AvgIpc) is 2.14. The topological polar surface area (TPSA) is 35.5 Å². The van der Waals surface area contributed by atoms with Gasteiger partial charge in [-0.3, -0.25) is 0 Å². The van der Waals surface area contributed by atoms with E-state index in [9.17, 15) is 4.57 Å². The van der Waals surface area contributed by atoms with Crippen LogP contribution in [0.4, 0.5) is 0 Å². The van der Waals surface area contributed by atoms with Gasteiger partial charge in [0.15, 0.2) is 6.79 Å². The van der Waals surface area contributed by atoms with Crippen molar-refractivity contribution in [1.82, 2.24) is 0 Å². The maximum atomic E-state index is 11.6. The summed E-state index contributed by atoms with van der Waals surface area (Å²) in [6, 6.07) is 7.60. The summed E-state index contributed by atoms with van der Waals surface area (Å²) in [5.74, 6) is 0.766. The molecule has 1 rings (SSSR count). The van der Waals surface area contributed by atoms with Crippen LogP contribution in [0.2, 0.25) is 0 Å². The third-order valence-corrected chi connectivity index (χ3v) is 2.96. The van der Waals surface area contributed by atoms with Crippen LogP contribution in [0.1, 0.15) is 5.56 Å². The van der Waals surface area contributed by atoms with E-state index >= 15 is 0 Å². The molecule has 3 nitrogen and oxygen atoms in total. The van der Waals surface area contributed by atoms with E-state index in [1.54, 1.807) is 20.4 Å². The SMILES string of the molecule is COCOc1ccc(CP(C)(C)=O)cc1. The molecule has 0 aliphatic rings. The van der Waals surface area contributed by atoms with Crippen LogP contribution < -0.4 is 4.74 Å². The molecule has 0 aliphatic carbocycles. The van der Waals surface area contributed by atoms with Crippen LogP contribution in [0.5, 0.6) is 5.75 Å². The first-order chi connectivity index (χ1) is 7.01. The van der Waals surface area contributed by atoms with Crippen LogP contribution in [-0.4, -0.2) is 27.2 Å². The van der Waals surface area contributed by atoms with Gasteiger partial charge in [-0.1, -0.05) is 12.1 Å². The summed E-state index contributed by atoms with van der Waals surface area (Å²) < 4.78 is 21.6. The largest absolute Gasteiger partial charge is 0.468 e. The number of rotatable bonds is 5. The molecule has 0 radical (unpaired) electrons. The second-order valence-corrected chi connectivity index (χ2v) is 7.39. The highest BCUT2D eigenvalue weighted by Crippen LogP contribution is 2.40. The van der Waals surface area contributed by atoms with Gasteiger partial charge < -0.3 is 14.0 Å². The van der Waals surface area contributed by atoms with Crippen molar-refractivity contribution in [3.63, 3.8) is 0 Å². The third kappa shape index (κ3) is 5.01. The normalized spacial score (nSPS) is 11.4. The quantitative estimate of drug-likeness (QED) is 0.574. The number of benzene rings is 1. The fourth-order valence-electron chi connectivity index (χ4n) is 1.26. The van der Waals surface area contributed by atoms with Crippen LogP contribution >= 0.6 is 7.14 Å². The summed E-state index contributed by atoms with van der Waals surface area (Å²) in [7, 11) is -0.407. The fraction of sp³-hybridized carbons (Fsp3) is 0.455. The molecule has 0 unspecified atom stereocenters. The summed E-state index contributed by atoms with van der Waals surface area (Å²) in [5, 5.41) is 0. The number of hydrogen-bond donors (Lipinski definition) is 0. The summed E-state index contributed by atoms with van der Waals surface area (Å²) in [6.45, 7) is 3.84. The summed E-state index contributed by atoms with van der Waals surface area (Å²) >= 11 is 0. The maximum Gasteiger partial charge on any atom is 0.188 e. The van der Waals surface area contributed by atoms with Gasteiger partial charge in [0.1, 0.15) is 5.75 Å². The number of ether oxygens (including phenoxy) is 2. The van der Waals surface area contributed by atoms with Crippen molar-refractivity contribution < 1.29 is 14.0 Å². The predicted octanol–water partition coefficient (Wildman–Crippen LogP) is 2.79. The first-order valence-corrected chi connectivity index (χ1v) is 7.54. The van der Waals surface area contributed by atoms with Crippen molar-refractivity contribution in [1.29, 1.82) is 0 Å². The van der Waals surface area contributed by atoms with Gasteiger partial charge in [0.2, 0.25) is 0 Å². The Kier molecular flexibility index (Phi) is 4.37. The second kappa shape index (κ2) is 5.34. The molecule has 0 bridgehead atoms. The zero-order valence-electron chi connectivity index (χ0n) is 9.40. The summed E-state index contributed by atoms with van der Waals surface area (Å²) in [6.07, 6.45) is 0.636. The van der Waals surface area contributed by atoms with E-state index in [1.807, 2.05) is 24.3 Å². The van der Waals surface area contributed by atoms with E-state index in [2.05, 4.69) is 0 Å². The molecule has 0 heterocycles. The molecule has 4 heteroatoms. The molecular weight excluding hydrogens is 211 g/mol. The molecule has 15 heavy (non-hydrogen) atoms. The first kappa shape index (κ1) is 12.3. The van der Waals surface area contributed by atoms with Gasteiger partial charge in [-0.2, -0.15) is 0 Å². The molecule has 1 aromatic carbocycles. The molecule has 0 amide bonds. The minimum absolute atomic E-state index is 0.249. The Morgan fingerprint density at radius 3 is 2.27 bits per heavy atom. The van der Waals surface area contributed by atoms with E-state index < -0.39 is 7.14 Å². The molecule has 84 valence electrons. The Morgan fingerprint density at radius 1 is 1.20 bits per heavy atom. The van der Waals surface area contributed by atoms with E-state index in [0.717, 1.165) is 11.3 Å². The Bertz CT molecular complexity index is 339. The minimum atomic E-state index is -1.99. The molecule has 0 aliphatic heterocycles. The van der Waals surface area contributed by atoms with Gasteiger partial charge in [-0.25, -0.2) is 0 Å². The van der Waals surface area contributed by atoms with Gasteiger partial charge in [0.05, 0.1) is 7.14 Å². The van der Waals surface area contributed by atoms with E-state index in [-0.39, 0.29) is 6.79 Å². The van der Waals surface area contributed by atoms with Crippen molar-refractivity contribution in [2.75, 3.05) is 27.2 Å². The standard InChI is InChI=1S/C11H17O3P/c1-13-9-14-11-6-4-10(5-7-11)8-15(2,3)12/h4-7H,8-9H2,1-3H3. The number of methoxy groups -OCH3 is 1. The van der Waals surface area contributed by atoms with E-state index in [1.165, 1.54) is 0 Å². The zero-order valence-corrected chi connectivity index (χ0v) is 10.3. The van der Waals surface area contributed by atoms with Crippen molar-refractivity contribution >= 4 is 7.14 Å². The third-order valence-electron chi connectivity index (χ3n) is 1.83. The molecule has 0 aromatic heterocycles. The van der Waals surface area contributed by atoms with Gasteiger partial charge in [0, 0.05) is 13.3 Å². The van der Waals surface area contributed by atoms with E-state index in [4.69, 9.17) is 9.47 Å². The lowest BCUT2D eigenvalue weighted by Gasteiger charge is -2.08. The van der Waals surface area contributed by atoms with Gasteiger partial charge >= 0.3 is 0 Å². The summed E-state index contributed by atoms with van der Waals surface area (Å²) in [5.41, 5.74) is 1.08. The first-order valence-electron chi connectivity index (χ1n) is 4.76. The lowest BCUT2D eigenvalue weighted by molar-refractivity contribution is 0.0511. The molecule has 0 saturated heterocycles. The maximum absolute atomic E-state index is 11.6. The Balaban J connectivity index is 2.60. The van der Waals surface area contributed by atoms with Crippen LogP contribution in [0.15, 0.2) is 24.3 Å². The average molecular weight is 228 g/mol. The Morgan fingerprint density at radius 2 is 1.80 bits per heavy atom. The highest BCUT2D eigenvalue weighted by molar-refractivity contribution is 7.61. The van der Waals surface area contributed by atoms with Crippen LogP contribution in [-0.2, 0) is 15.5 Å². The minimum Gasteiger partial charge on any atom is -0.468 e. The van der Waals surface area contributed by atoms with Crippen molar-refractivity contribution in [3.05, 3.63) is 29.8 Å². The van der Waals surface area contributed by atoms with Gasteiger partial charge in [0.25, 0.3) is 0 Å². The van der Waals surface area contributed by atoms with Crippen LogP contribution in [0, 0.1) is 0 Å². The highest BCUT2D eigenvalue weighted by Gasteiger charge is 2.07. The lowest BCUT2D eigenvalue weighted by Crippen LogP contribution is -1.98. The molecule has 0 N–H and O–H groups in total. The molecule has 0 saturated carbocycles. The smallest absolute Gasteiger partial charge is 0.188 e. The predicted molar refractivity (Wildman–Crippen MR) is 62.1 cm³/mol. The second-order valence-electron chi connectivity index (χ2n) is 3.93. The van der Waals surface area contributed by atoms with Crippen molar-refractivity contribution in [3.8, 4) is 5.75 Å². The molecule has 0 fully saturated rings. The monoisotopic (exact) mass is 228 g/mol. The van der Waals surface area contributed by atoms with Crippen molar-refractivity contribution in [2.45, 2.75) is 6.16 Å². The summed E-state index contributed by atoms with van der Waals surface area (Å²) in [4.78, 5) is 0. The number of hydrogen-bond acceptors (Lipinski definition) is 3.